The number of piperazine rings is 1. The quantitative estimate of drug-likeness (QED) is 0.552. The van der Waals surface area contributed by atoms with Crippen LogP contribution in [0.3, 0.4) is 0 Å². The highest BCUT2D eigenvalue weighted by molar-refractivity contribution is 7.99. The van der Waals surface area contributed by atoms with Crippen molar-refractivity contribution in [2.24, 2.45) is 0 Å². The molecule has 4 rings (SSSR count). The number of fused-ring (bicyclic) bond motifs is 2. The zero-order chi connectivity index (χ0) is 25.8. The Kier molecular flexibility index (Phi) is 9.24. The largest absolute Gasteiger partial charge is 0.340 e. The van der Waals surface area contributed by atoms with Crippen LogP contribution in [-0.4, -0.2) is 102 Å². The molecule has 0 bridgehead atoms. The summed E-state index contributed by atoms with van der Waals surface area (Å²) in [4.78, 5) is 9.86. The highest BCUT2D eigenvalue weighted by atomic mass is 32.2. The lowest BCUT2D eigenvalue weighted by Crippen LogP contribution is -2.45. The van der Waals surface area contributed by atoms with Crippen LogP contribution in [0, 0.1) is 0 Å². The van der Waals surface area contributed by atoms with E-state index in [4.69, 9.17) is 4.55 Å². The molecule has 0 amide bonds. The molecule has 2 aliphatic rings. The van der Waals surface area contributed by atoms with Crippen molar-refractivity contribution in [2.75, 3.05) is 71.6 Å². The predicted molar refractivity (Wildman–Crippen MR) is 141 cm³/mol. The number of sulfonamides is 1. The molecule has 1 fully saturated rings. The third kappa shape index (κ3) is 7.66. The molecule has 9 nitrogen and oxygen atoms in total. The van der Waals surface area contributed by atoms with Gasteiger partial charge in [-0.15, -0.1) is 0 Å². The van der Waals surface area contributed by atoms with Gasteiger partial charge in [-0.05, 0) is 50.3 Å². The second-order valence-electron chi connectivity index (χ2n) is 8.87. The zero-order valence-electron chi connectivity index (χ0n) is 20.6. The van der Waals surface area contributed by atoms with E-state index in [2.05, 4.69) is 46.0 Å². The van der Waals surface area contributed by atoms with E-state index in [1.54, 1.807) is 31.9 Å². The fraction of sp³-hybridized carbons (Fsp3) is 0.478. The summed E-state index contributed by atoms with van der Waals surface area (Å²) in [5.41, 5.74) is 2.15. The Morgan fingerprint density at radius 3 is 2.14 bits per heavy atom. The first-order valence-corrected chi connectivity index (χ1v) is 15.4. The van der Waals surface area contributed by atoms with Gasteiger partial charge in [0.1, 0.15) is 0 Å². The first kappa shape index (κ1) is 27.9. The van der Waals surface area contributed by atoms with E-state index in [-0.39, 0.29) is 0 Å². The Morgan fingerprint density at radius 1 is 0.914 bits per heavy atom. The highest BCUT2D eigenvalue weighted by Gasteiger charge is 2.26. The molecular formula is C23H34N4O5S3. The number of likely N-dealkylation sites (N-methyl/N-ethyl adjacent to an activating group) is 1. The van der Waals surface area contributed by atoms with E-state index >= 15 is 0 Å². The number of para-hydroxylation sites is 1. The first-order valence-electron chi connectivity index (χ1n) is 11.3. The van der Waals surface area contributed by atoms with Crippen molar-refractivity contribution in [3.63, 3.8) is 0 Å². The van der Waals surface area contributed by atoms with Gasteiger partial charge < -0.3 is 14.7 Å². The van der Waals surface area contributed by atoms with E-state index < -0.39 is 20.1 Å². The number of hydrogen-bond donors (Lipinski definition) is 1. The van der Waals surface area contributed by atoms with Crippen molar-refractivity contribution >= 4 is 43.3 Å². The van der Waals surface area contributed by atoms with Crippen molar-refractivity contribution in [2.45, 2.75) is 21.1 Å². The van der Waals surface area contributed by atoms with Crippen LogP contribution in [-0.2, 0) is 20.1 Å². The van der Waals surface area contributed by atoms with E-state index in [0.29, 0.717) is 11.2 Å². The maximum absolute atomic E-state index is 12.7. The lowest BCUT2D eigenvalue weighted by atomic mass is 10.2. The van der Waals surface area contributed by atoms with Gasteiger partial charge in [-0.25, -0.2) is 12.7 Å². The molecule has 0 saturated carbocycles. The molecule has 2 aromatic carbocycles. The SMILES string of the molecule is CN1CCN(CCCN2c3ccccc3Sc3ccc(S(=O)(=O)N(C)C)cc32)CC1.CS(=O)(=O)O. The molecule has 1 N–H and O–H groups in total. The van der Waals surface area contributed by atoms with Crippen molar-refractivity contribution in [3.05, 3.63) is 42.5 Å². The third-order valence-electron chi connectivity index (χ3n) is 5.83. The van der Waals surface area contributed by atoms with E-state index in [1.807, 2.05) is 12.1 Å². The van der Waals surface area contributed by atoms with Crippen LogP contribution >= 0.6 is 11.8 Å². The highest BCUT2D eigenvalue weighted by Crippen LogP contribution is 2.48. The van der Waals surface area contributed by atoms with E-state index in [1.165, 1.54) is 9.20 Å². The van der Waals surface area contributed by atoms with Crippen LogP contribution in [0.15, 0.2) is 57.2 Å². The molecule has 0 unspecified atom stereocenters. The van der Waals surface area contributed by atoms with Crippen molar-refractivity contribution in [3.8, 4) is 0 Å². The zero-order valence-corrected chi connectivity index (χ0v) is 23.0. The number of nitrogens with zero attached hydrogens (tertiary/aromatic N) is 4. The van der Waals surface area contributed by atoms with Crippen LogP contribution in [0.25, 0.3) is 0 Å². The fourth-order valence-electron chi connectivity index (χ4n) is 3.95. The van der Waals surface area contributed by atoms with Gasteiger partial charge in [-0.1, -0.05) is 23.9 Å². The lowest BCUT2D eigenvalue weighted by molar-refractivity contribution is 0.153. The van der Waals surface area contributed by atoms with E-state index in [0.717, 1.165) is 62.0 Å². The lowest BCUT2D eigenvalue weighted by Gasteiger charge is -2.35. The van der Waals surface area contributed by atoms with Crippen LogP contribution in [0.1, 0.15) is 6.42 Å². The molecule has 194 valence electrons. The molecule has 1 saturated heterocycles. The molecule has 0 aromatic heterocycles. The topological polar surface area (TPSA) is 101 Å². The molecule has 2 heterocycles. The predicted octanol–water partition coefficient (Wildman–Crippen LogP) is 2.68. The fourth-order valence-corrected chi connectivity index (χ4v) is 5.94. The second kappa shape index (κ2) is 11.6. The number of anilines is 2. The minimum absolute atomic E-state index is 0.343. The third-order valence-corrected chi connectivity index (χ3v) is 8.77. The summed E-state index contributed by atoms with van der Waals surface area (Å²) >= 11 is 1.71. The maximum Gasteiger partial charge on any atom is 0.261 e. The Balaban J connectivity index is 0.000000623. The standard InChI is InChI=1S/C22H30N4O2S2.CH4O3S/c1-23(2)30(27,28)18-9-10-22-20(17-18)26(19-7-4-5-8-21(19)29-22)12-6-11-25-15-13-24(3)14-16-25;1-5(2,3)4/h4-5,7-10,17H,6,11-16H2,1-3H3;1H3,(H,2,3,4). The van der Waals surface area contributed by atoms with Gasteiger partial charge in [-0.3, -0.25) is 4.55 Å². The van der Waals surface area contributed by atoms with Gasteiger partial charge in [0.25, 0.3) is 10.1 Å². The Labute approximate surface area is 213 Å². The number of hydrogen-bond acceptors (Lipinski definition) is 8. The Morgan fingerprint density at radius 2 is 1.51 bits per heavy atom. The summed E-state index contributed by atoms with van der Waals surface area (Å²) in [6.07, 6.45) is 1.75. The van der Waals surface area contributed by atoms with Gasteiger partial charge >= 0.3 is 0 Å². The van der Waals surface area contributed by atoms with Gasteiger partial charge in [-0.2, -0.15) is 8.42 Å². The normalized spacial score (nSPS) is 16.9. The molecule has 0 atom stereocenters. The monoisotopic (exact) mass is 542 g/mol. The smallest absolute Gasteiger partial charge is 0.261 e. The van der Waals surface area contributed by atoms with Crippen LogP contribution in [0.2, 0.25) is 0 Å². The molecule has 2 aromatic rings. The van der Waals surface area contributed by atoms with Crippen molar-refractivity contribution < 1.29 is 21.4 Å². The minimum Gasteiger partial charge on any atom is -0.340 e. The Bertz CT molecular complexity index is 1220. The first-order chi connectivity index (χ1) is 16.4. The van der Waals surface area contributed by atoms with Crippen molar-refractivity contribution in [1.29, 1.82) is 0 Å². The molecule has 0 radical (unpaired) electrons. The van der Waals surface area contributed by atoms with Gasteiger partial charge in [0.05, 0.1) is 22.5 Å². The molecule has 0 spiro atoms. The molecule has 2 aliphatic heterocycles. The summed E-state index contributed by atoms with van der Waals surface area (Å²) in [5, 5.41) is 0. The molecular weight excluding hydrogens is 508 g/mol. The Hall–Kier alpha value is -1.67. The van der Waals surface area contributed by atoms with Crippen LogP contribution < -0.4 is 4.90 Å². The summed E-state index contributed by atoms with van der Waals surface area (Å²) in [6.45, 7) is 6.40. The van der Waals surface area contributed by atoms with Gasteiger partial charge in [0, 0.05) is 56.6 Å². The summed E-state index contributed by atoms with van der Waals surface area (Å²) in [6, 6.07) is 13.9. The molecule has 0 aliphatic carbocycles. The molecule has 35 heavy (non-hydrogen) atoms. The number of rotatable bonds is 6. The molecule has 12 heteroatoms. The summed E-state index contributed by atoms with van der Waals surface area (Å²) in [7, 11) is -1.81. The average molecular weight is 543 g/mol. The second-order valence-corrected chi connectivity index (χ2v) is 13.6. The summed E-state index contributed by atoms with van der Waals surface area (Å²) in [5.74, 6) is 0. The summed E-state index contributed by atoms with van der Waals surface area (Å²) < 4.78 is 52.6. The van der Waals surface area contributed by atoms with Gasteiger partial charge in [0.15, 0.2) is 0 Å². The van der Waals surface area contributed by atoms with Crippen LogP contribution in [0.5, 0.6) is 0 Å². The van der Waals surface area contributed by atoms with Crippen molar-refractivity contribution in [1.82, 2.24) is 14.1 Å². The maximum atomic E-state index is 12.7. The van der Waals surface area contributed by atoms with Gasteiger partial charge in [0.2, 0.25) is 10.0 Å². The minimum atomic E-state index is -3.67. The number of benzene rings is 2. The van der Waals surface area contributed by atoms with E-state index in [9.17, 15) is 16.8 Å². The van der Waals surface area contributed by atoms with Crippen LogP contribution in [0.4, 0.5) is 11.4 Å². The average Bonchev–Trinajstić information content (AvgIpc) is 2.78.